The van der Waals surface area contributed by atoms with Gasteiger partial charge in [0, 0.05) is 18.7 Å². The number of amides is 1. The number of nitriles is 1. The van der Waals surface area contributed by atoms with Crippen LogP contribution in [-0.4, -0.2) is 54.9 Å². The van der Waals surface area contributed by atoms with Gasteiger partial charge in [-0.15, -0.1) is 5.10 Å². The number of phenols is 1. The molecule has 1 amide bonds. The van der Waals surface area contributed by atoms with Gasteiger partial charge in [-0.05, 0) is 18.2 Å². The molecule has 2 aromatic carbocycles. The number of hydrogen-bond donors (Lipinski definition) is 2. The van der Waals surface area contributed by atoms with E-state index in [9.17, 15) is 30.4 Å². The second kappa shape index (κ2) is 9.48. The van der Waals surface area contributed by atoms with Crippen LogP contribution in [0.25, 0.3) is 11.4 Å². The van der Waals surface area contributed by atoms with Crippen molar-refractivity contribution < 1.29 is 24.7 Å². The maximum absolute atomic E-state index is 12.8. The molecule has 0 fully saturated rings. The number of benzene rings is 2. The molecule has 0 aliphatic rings. The second-order valence-electron chi connectivity index (χ2n) is 6.74. The summed E-state index contributed by atoms with van der Waals surface area (Å²) < 4.78 is 6.40. The zero-order chi connectivity index (χ0) is 24.1. The van der Waals surface area contributed by atoms with Crippen LogP contribution in [0, 0.1) is 21.4 Å². The number of carbonyl (C=O) groups is 1. The van der Waals surface area contributed by atoms with Gasteiger partial charge in [-0.3, -0.25) is 14.9 Å². The van der Waals surface area contributed by atoms with E-state index < -0.39 is 33.6 Å². The van der Waals surface area contributed by atoms with Crippen LogP contribution in [-0.2, 0) is 11.3 Å². The van der Waals surface area contributed by atoms with Gasteiger partial charge < -0.3 is 19.8 Å². The number of carbonyl (C=O) groups excluding carboxylic acids is 1. The van der Waals surface area contributed by atoms with E-state index in [1.807, 2.05) is 30.3 Å². The van der Waals surface area contributed by atoms with Crippen molar-refractivity contribution in [2.75, 3.05) is 14.2 Å². The van der Waals surface area contributed by atoms with Crippen molar-refractivity contribution >= 4 is 17.4 Å². The van der Waals surface area contributed by atoms with Gasteiger partial charge in [0.1, 0.15) is 18.2 Å². The largest absolute Gasteiger partial charge is 0.506 e. The quantitative estimate of drug-likeness (QED) is 0.180. The number of nitro groups is 1. The first kappa shape index (κ1) is 22.8. The lowest BCUT2D eigenvalue weighted by atomic mass is 10.1. The number of aromatic nitrogens is 3. The van der Waals surface area contributed by atoms with Gasteiger partial charge in [-0.1, -0.05) is 18.2 Å². The number of aromatic hydroxyl groups is 1. The minimum absolute atomic E-state index is 0.0732. The molecule has 0 saturated heterocycles. The summed E-state index contributed by atoms with van der Waals surface area (Å²) in [5, 5.41) is 45.4. The molecule has 33 heavy (non-hydrogen) atoms. The van der Waals surface area contributed by atoms with Gasteiger partial charge in [0.25, 0.3) is 5.91 Å². The number of rotatable bonds is 7. The minimum Gasteiger partial charge on any atom is -0.506 e. The van der Waals surface area contributed by atoms with E-state index >= 15 is 0 Å². The Kier molecular flexibility index (Phi) is 6.54. The first-order valence-electron chi connectivity index (χ1n) is 9.37. The van der Waals surface area contributed by atoms with Gasteiger partial charge in [0.15, 0.2) is 17.1 Å². The third-order valence-corrected chi connectivity index (χ3v) is 4.59. The summed E-state index contributed by atoms with van der Waals surface area (Å²) in [5.74, 6) is -2.44. The summed E-state index contributed by atoms with van der Waals surface area (Å²) in [4.78, 5) is 28.4. The maximum atomic E-state index is 12.8. The number of nitro benzene ring substituents is 1. The van der Waals surface area contributed by atoms with Crippen LogP contribution < -0.4 is 4.74 Å². The molecular weight excluding hydrogens is 432 g/mol. The Labute approximate surface area is 187 Å². The second-order valence-corrected chi connectivity index (χ2v) is 6.74. The first-order chi connectivity index (χ1) is 15.8. The molecule has 3 aromatic rings. The topological polar surface area (TPSA) is 168 Å². The van der Waals surface area contributed by atoms with Crippen molar-refractivity contribution in [2.24, 2.45) is 0 Å². The van der Waals surface area contributed by atoms with Crippen LogP contribution in [0.15, 0.2) is 54.4 Å². The molecule has 0 saturated carbocycles. The summed E-state index contributed by atoms with van der Waals surface area (Å²) in [6, 6.07) is 12.7. The third kappa shape index (κ3) is 4.72. The molecule has 168 valence electrons. The highest BCUT2D eigenvalue weighted by molar-refractivity contribution is 6.03. The highest BCUT2D eigenvalue weighted by atomic mass is 16.6. The summed E-state index contributed by atoms with van der Waals surface area (Å²) in [6.07, 6.45) is 1.48. The van der Waals surface area contributed by atoms with Crippen molar-refractivity contribution in [2.45, 2.75) is 6.54 Å². The van der Waals surface area contributed by atoms with Crippen LogP contribution in [0.5, 0.6) is 11.5 Å². The predicted octanol–water partition coefficient (Wildman–Crippen LogP) is 2.34. The van der Waals surface area contributed by atoms with Crippen molar-refractivity contribution in [3.63, 3.8) is 0 Å². The lowest BCUT2D eigenvalue weighted by Gasteiger charge is -2.15. The Morgan fingerprint density at radius 3 is 2.64 bits per heavy atom. The van der Waals surface area contributed by atoms with E-state index in [0.717, 1.165) is 29.8 Å². The van der Waals surface area contributed by atoms with Crippen LogP contribution in [0.3, 0.4) is 0 Å². The third-order valence-electron chi connectivity index (χ3n) is 4.59. The van der Waals surface area contributed by atoms with Crippen molar-refractivity contribution in [3.05, 3.63) is 75.9 Å². The molecular formula is C21H18N6O6. The monoisotopic (exact) mass is 450 g/mol. The molecule has 12 nitrogen and oxygen atoms in total. The zero-order valence-corrected chi connectivity index (χ0v) is 17.5. The molecule has 0 aliphatic carbocycles. The molecule has 1 aromatic heterocycles. The highest BCUT2D eigenvalue weighted by Gasteiger charge is 2.26. The van der Waals surface area contributed by atoms with Crippen molar-refractivity contribution in [1.29, 1.82) is 5.26 Å². The fourth-order valence-electron chi connectivity index (χ4n) is 2.92. The Morgan fingerprint density at radius 1 is 1.33 bits per heavy atom. The van der Waals surface area contributed by atoms with Crippen LogP contribution >= 0.6 is 0 Å². The fourth-order valence-corrected chi connectivity index (χ4v) is 2.92. The molecule has 0 aliphatic heterocycles. The number of phenolic OH excluding ortho intramolecular Hbond substituents is 1. The SMILES string of the molecule is COc1cc(/C(O)=C(\C#N)C(=O)N(C)Cc2ncn(-c3ccccc3)n2)cc([N+](=O)[O-])c1O. The summed E-state index contributed by atoms with van der Waals surface area (Å²) in [7, 11) is 2.55. The Bertz CT molecular complexity index is 1280. The minimum atomic E-state index is -0.886. The number of likely N-dealkylation sites (N-methyl/N-ethyl adjacent to an activating group) is 1. The Hall–Kier alpha value is -4.92. The molecule has 0 unspecified atom stereocenters. The number of hydrogen-bond acceptors (Lipinski definition) is 9. The molecule has 0 bridgehead atoms. The standard InChI is InChI=1S/C21H18N6O6/c1-25(11-18-23-12-26(24-18)14-6-4-3-5-7-14)21(30)15(10-22)19(28)13-8-16(27(31)32)20(29)17(9-13)33-2/h3-9,12,28-29H,11H2,1-2H3/b19-15-. The lowest BCUT2D eigenvalue weighted by molar-refractivity contribution is -0.386. The van der Waals surface area contributed by atoms with Crippen LogP contribution in [0.1, 0.15) is 11.4 Å². The lowest BCUT2D eigenvalue weighted by Crippen LogP contribution is -2.28. The first-order valence-corrected chi connectivity index (χ1v) is 9.37. The van der Waals surface area contributed by atoms with E-state index in [2.05, 4.69) is 10.1 Å². The van der Waals surface area contributed by atoms with Crippen molar-refractivity contribution in [3.8, 4) is 23.3 Å². The number of para-hydroxylation sites is 1. The average Bonchev–Trinajstić information content (AvgIpc) is 3.28. The summed E-state index contributed by atoms with van der Waals surface area (Å²) >= 11 is 0. The highest BCUT2D eigenvalue weighted by Crippen LogP contribution is 2.38. The summed E-state index contributed by atoms with van der Waals surface area (Å²) in [5.41, 5.74) is -0.906. The van der Waals surface area contributed by atoms with Gasteiger partial charge in [-0.25, -0.2) is 9.67 Å². The molecule has 0 radical (unpaired) electrons. The van der Waals surface area contributed by atoms with Crippen LogP contribution in [0.4, 0.5) is 5.69 Å². The molecule has 0 spiro atoms. The Balaban J connectivity index is 1.89. The van der Waals surface area contributed by atoms with E-state index in [-0.39, 0.29) is 23.7 Å². The van der Waals surface area contributed by atoms with E-state index in [0.29, 0.717) is 0 Å². The van der Waals surface area contributed by atoms with Crippen molar-refractivity contribution in [1.82, 2.24) is 19.7 Å². The van der Waals surface area contributed by atoms with Gasteiger partial charge >= 0.3 is 5.69 Å². The molecule has 1 heterocycles. The summed E-state index contributed by atoms with van der Waals surface area (Å²) in [6.45, 7) is -0.0732. The smallest absolute Gasteiger partial charge is 0.315 e. The Morgan fingerprint density at radius 2 is 2.03 bits per heavy atom. The number of nitrogens with zero attached hydrogens (tertiary/aromatic N) is 6. The zero-order valence-electron chi connectivity index (χ0n) is 17.5. The number of aliphatic hydroxyl groups is 1. The van der Waals surface area contributed by atoms with Crippen LogP contribution in [0.2, 0.25) is 0 Å². The molecule has 3 rings (SSSR count). The average molecular weight is 450 g/mol. The number of ether oxygens (including phenoxy) is 1. The molecule has 0 atom stereocenters. The predicted molar refractivity (Wildman–Crippen MR) is 114 cm³/mol. The van der Waals surface area contributed by atoms with Gasteiger partial charge in [0.2, 0.25) is 5.75 Å². The fraction of sp³-hybridized carbons (Fsp3) is 0.143. The van der Waals surface area contributed by atoms with E-state index in [4.69, 9.17) is 4.74 Å². The number of aliphatic hydroxyl groups excluding tert-OH is 1. The van der Waals surface area contributed by atoms with Gasteiger partial charge in [-0.2, -0.15) is 5.26 Å². The van der Waals surface area contributed by atoms with Gasteiger partial charge in [0.05, 0.1) is 24.3 Å². The number of methoxy groups -OCH3 is 1. The molecule has 12 heteroatoms. The van der Waals surface area contributed by atoms with E-state index in [1.165, 1.54) is 18.1 Å². The maximum Gasteiger partial charge on any atom is 0.315 e. The molecule has 2 N–H and O–H groups in total. The normalized spacial score (nSPS) is 11.3. The van der Waals surface area contributed by atoms with E-state index in [1.54, 1.807) is 6.07 Å².